The summed E-state index contributed by atoms with van der Waals surface area (Å²) >= 11 is 5.07. The van der Waals surface area contributed by atoms with E-state index in [1.165, 1.54) is 0 Å². The van der Waals surface area contributed by atoms with Crippen LogP contribution in [-0.4, -0.2) is 36.9 Å². The lowest BCUT2D eigenvalue weighted by Gasteiger charge is -2.48. The minimum absolute atomic E-state index is 0.0290. The lowest BCUT2D eigenvalue weighted by molar-refractivity contribution is 0.435. The molecular weight excluding hydrogens is 262 g/mol. The second-order valence-electron chi connectivity index (χ2n) is 6.43. The molecule has 5 heteroatoms. The molecule has 0 heterocycles. The summed E-state index contributed by atoms with van der Waals surface area (Å²) in [5.74, 6) is 0. The summed E-state index contributed by atoms with van der Waals surface area (Å²) in [5.41, 5.74) is 0. The predicted octanol–water partition coefficient (Wildman–Crippen LogP) is 4.18. The van der Waals surface area contributed by atoms with Crippen LogP contribution in [0.15, 0.2) is 12.7 Å². The number of aliphatic hydroxyl groups excluding tert-OH is 1. The fourth-order valence-corrected chi connectivity index (χ4v) is 13.4. The molecule has 0 aliphatic rings. The van der Waals surface area contributed by atoms with E-state index < -0.39 is 16.5 Å². The highest BCUT2D eigenvalue weighted by atomic mass is 32.1. The molecule has 0 spiro atoms. The number of nitrogens with zero attached hydrogens (tertiary/aromatic N) is 1. The minimum atomic E-state index is -1.48. The number of rotatable bonds is 7. The number of hydrogen-bond acceptors (Lipinski definition) is 2. The average molecular weight is 290 g/mol. The first-order valence-corrected chi connectivity index (χ1v) is 13.4. The smallest absolute Gasteiger partial charge is 0.172 e. The Morgan fingerprint density at radius 2 is 1.65 bits per heavy atom. The molecule has 2 nitrogen and oxygen atoms in total. The Balaban J connectivity index is 5.23. The lowest BCUT2D eigenvalue weighted by atomic mass is 10.2. The molecule has 0 aliphatic heterocycles. The topological polar surface area (TPSA) is 23.5 Å². The van der Waals surface area contributed by atoms with Gasteiger partial charge >= 0.3 is 0 Å². The fraction of sp³-hybridized carbons (Fsp3) is 0.750. The van der Waals surface area contributed by atoms with Crippen molar-refractivity contribution in [2.75, 3.05) is 0 Å². The zero-order valence-electron chi connectivity index (χ0n) is 12.1. The molecule has 1 N–H and O–H groups in total. The SMILES string of the molecule is C=CCCC(C(O)=S)N([Si](C)(C)C)[Si](C)(C)C. The number of aliphatic hydroxyl groups is 1. The van der Waals surface area contributed by atoms with E-state index in [4.69, 9.17) is 12.2 Å². The summed E-state index contributed by atoms with van der Waals surface area (Å²) in [4.78, 5) is 0. The average Bonchev–Trinajstić information content (AvgIpc) is 2.06. The van der Waals surface area contributed by atoms with E-state index in [2.05, 4.69) is 50.1 Å². The molecule has 100 valence electrons. The normalized spacial score (nSPS) is 14.8. The van der Waals surface area contributed by atoms with Gasteiger partial charge in [-0.05, 0) is 25.1 Å². The summed E-state index contributed by atoms with van der Waals surface area (Å²) in [6.45, 7) is 17.7. The van der Waals surface area contributed by atoms with Crippen LogP contribution in [0, 0.1) is 0 Å². The Bertz CT molecular complexity index is 267. The van der Waals surface area contributed by atoms with Crippen molar-refractivity contribution in [2.24, 2.45) is 0 Å². The van der Waals surface area contributed by atoms with Crippen LogP contribution < -0.4 is 0 Å². The highest BCUT2D eigenvalue weighted by molar-refractivity contribution is 7.80. The molecule has 1 atom stereocenters. The highest BCUT2D eigenvalue weighted by Crippen LogP contribution is 2.26. The standard InChI is InChI=1S/C12H27NOSSi2/c1-8-9-10-11(12(14)15)13(16(2,3)4)17(5,6)7/h8,11H,1,9-10H2,2-7H3,(H,14,15). The Morgan fingerprint density at radius 1 is 1.24 bits per heavy atom. The molecule has 0 radical (unpaired) electrons. The maximum absolute atomic E-state index is 9.84. The first kappa shape index (κ1) is 17.0. The third kappa shape index (κ3) is 5.46. The quantitative estimate of drug-likeness (QED) is 0.432. The van der Waals surface area contributed by atoms with E-state index in [0.717, 1.165) is 12.8 Å². The van der Waals surface area contributed by atoms with Crippen LogP contribution in [0.4, 0.5) is 0 Å². The summed E-state index contributed by atoms with van der Waals surface area (Å²) in [6, 6.07) is 0.0290. The zero-order valence-corrected chi connectivity index (χ0v) is 14.9. The monoisotopic (exact) mass is 289 g/mol. The van der Waals surface area contributed by atoms with Gasteiger partial charge in [0.15, 0.2) is 5.05 Å². The molecule has 0 saturated heterocycles. The van der Waals surface area contributed by atoms with Crippen LogP contribution in [0.5, 0.6) is 0 Å². The summed E-state index contributed by atoms with van der Waals surface area (Å²) in [7, 11) is -2.97. The maximum atomic E-state index is 9.84. The van der Waals surface area contributed by atoms with Crippen molar-refractivity contribution in [1.29, 1.82) is 0 Å². The van der Waals surface area contributed by atoms with E-state index in [1.54, 1.807) is 0 Å². The number of thiocarbonyl (C=S) groups is 1. The van der Waals surface area contributed by atoms with Crippen LogP contribution >= 0.6 is 12.2 Å². The van der Waals surface area contributed by atoms with Gasteiger partial charge in [0.05, 0.1) is 6.04 Å². The minimum Gasteiger partial charge on any atom is -0.501 e. The van der Waals surface area contributed by atoms with Crippen molar-refractivity contribution in [1.82, 2.24) is 4.23 Å². The van der Waals surface area contributed by atoms with Gasteiger partial charge in [-0.2, -0.15) is 0 Å². The van der Waals surface area contributed by atoms with E-state index in [9.17, 15) is 5.11 Å². The molecule has 0 amide bonds. The van der Waals surface area contributed by atoms with Gasteiger partial charge in [-0.15, -0.1) is 6.58 Å². The molecule has 0 aliphatic carbocycles. The van der Waals surface area contributed by atoms with Gasteiger partial charge in [0.25, 0.3) is 0 Å². The van der Waals surface area contributed by atoms with Gasteiger partial charge in [-0.1, -0.05) is 45.4 Å². The van der Waals surface area contributed by atoms with Crippen LogP contribution in [0.25, 0.3) is 0 Å². The maximum Gasteiger partial charge on any atom is 0.172 e. The van der Waals surface area contributed by atoms with Crippen molar-refractivity contribution in [3.63, 3.8) is 0 Å². The molecule has 0 aromatic rings. The number of allylic oxidation sites excluding steroid dienone is 1. The largest absolute Gasteiger partial charge is 0.501 e. The number of hydrogen-bond donors (Lipinski definition) is 1. The Kier molecular flexibility index (Phi) is 6.28. The molecule has 0 aromatic carbocycles. The Hall–Kier alpha value is 0.0238. The zero-order chi connectivity index (χ0) is 13.9. The van der Waals surface area contributed by atoms with Gasteiger partial charge in [0.2, 0.25) is 0 Å². The van der Waals surface area contributed by atoms with Crippen LogP contribution in [0.2, 0.25) is 39.3 Å². The van der Waals surface area contributed by atoms with Gasteiger partial charge < -0.3 is 9.34 Å². The molecule has 0 bridgehead atoms. The van der Waals surface area contributed by atoms with Gasteiger partial charge in [0, 0.05) is 0 Å². The summed E-state index contributed by atoms with van der Waals surface area (Å²) < 4.78 is 2.56. The summed E-state index contributed by atoms with van der Waals surface area (Å²) in [6.07, 6.45) is 3.68. The van der Waals surface area contributed by atoms with Crippen LogP contribution in [-0.2, 0) is 0 Å². The first-order valence-electron chi connectivity index (χ1n) is 6.15. The molecular formula is C12H27NOSSi2. The van der Waals surface area contributed by atoms with Gasteiger partial charge in [0.1, 0.15) is 16.5 Å². The third-order valence-electron chi connectivity index (χ3n) is 2.69. The second-order valence-corrected chi connectivity index (χ2v) is 16.9. The van der Waals surface area contributed by atoms with Crippen molar-refractivity contribution in [2.45, 2.75) is 58.2 Å². The van der Waals surface area contributed by atoms with Crippen molar-refractivity contribution in [3.8, 4) is 0 Å². The van der Waals surface area contributed by atoms with E-state index >= 15 is 0 Å². The predicted molar refractivity (Wildman–Crippen MR) is 87.0 cm³/mol. The second kappa shape index (κ2) is 6.27. The van der Waals surface area contributed by atoms with Crippen LogP contribution in [0.3, 0.4) is 0 Å². The van der Waals surface area contributed by atoms with Crippen molar-refractivity contribution < 1.29 is 5.11 Å². The van der Waals surface area contributed by atoms with E-state index in [1.807, 2.05) is 6.08 Å². The Labute approximate surface area is 114 Å². The van der Waals surface area contributed by atoms with Crippen LogP contribution in [0.1, 0.15) is 12.8 Å². The van der Waals surface area contributed by atoms with Gasteiger partial charge in [-0.25, -0.2) is 0 Å². The molecule has 0 fully saturated rings. The van der Waals surface area contributed by atoms with E-state index in [-0.39, 0.29) is 11.1 Å². The lowest BCUT2D eigenvalue weighted by Crippen LogP contribution is -2.64. The van der Waals surface area contributed by atoms with Crippen molar-refractivity contribution in [3.05, 3.63) is 12.7 Å². The Morgan fingerprint density at radius 3 is 1.88 bits per heavy atom. The molecule has 0 rings (SSSR count). The van der Waals surface area contributed by atoms with E-state index in [0.29, 0.717) is 0 Å². The highest BCUT2D eigenvalue weighted by Gasteiger charge is 2.40. The molecule has 1 unspecified atom stereocenters. The summed E-state index contributed by atoms with van der Waals surface area (Å²) in [5, 5.41) is 9.99. The first-order chi connectivity index (χ1) is 7.51. The molecule has 0 saturated carbocycles. The van der Waals surface area contributed by atoms with Gasteiger partial charge in [-0.3, -0.25) is 0 Å². The fourth-order valence-electron chi connectivity index (χ4n) is 2.58. The molecule has 17 heavy (non-hydrogen) atoms. The third-order valence-corrected chi connectivity index (χ3v) is 10.5. The van der Waals surface area contributed by atoms with Crippen molar-refractivity contribution >= 4 is 33.7 Å². The molecule has 0 aromatic heterocycles.